The zero-order chi connectivity index (χ0) is 24.5. The molecule has 4 nitrogen and oxygen atoms in total. The topological polar surface area (TPSA) is 65.2 Å². The summed E-state index contributed by atoms with van der Waals surface area (Å²) in [6.07, 6.45) is 5.03. The standard InChI is InChI=1S/C28H28Cl3N3O/c29-19-7-5-17(6-8-19)26-22(21-10-9-20(30)13-25(21)31)11-12-23-24(26)15-33-27(23)34-28(35)18-3-1-16(14-32)2-4-18/h5-10,13,16,18,22-24,26H,1-4,11-12,15H2,(H,33,34,35). The number of nitrogens with zero attached hydrogens (tertiary/aromatic N) is 2. The van der Waals surface area contributed by atoms with E-state index in [-0.39, 0.29) is 41.4 Å². The quantitative estimate of drug-likeness (QED) is 0.451. The van der Waals surface area contributed by atoms with Crippen molar-refractivity contribution in [3.05, 3.63) is 68.7 Å². The van der Waals surface area contributed by atoms with Gasteiger partial charge in [0, 0.05) is 39.4 Å². The minimum absolute atomic E-state index is 0.0300. The first-order valence-electron chi connectivity index (χ1n) is 12.4. The lowest BCUT2D eigenvalue weighted by atomic mass is 9.63. The second kappa shape index (κ2) is 10.5. The third kappa shape index (κ3) is 5.10. The van der Waals surface area contributed by atoms with E-state index in [1.54, 1.807) is 0 Å². The van der Waals surface area contributed by atoms with E-state index in [0.29, 0.717) is 21.6 Å². The fraction of sp³-hybridized carbons (Fsp3) is 0.464. The minimum Gasteiger partial charge on any atom is -0.314 e. The lowest BCUT2D eigenvalue weighted by Crippen LogP contribution is -2.43. The Kier molecular flexibility index (Phi) is 7.39. The Balaban J connectivity index is 1.37. The maximum atomic E-state index is 13.1. The molecule has 1 heterocycles. The number of carbonyl (C=O) groups is 1. The molecule has 0 saturated heterocycles. The van der Waals surface area contributed by atoms with E-state index >= 15 is 0 Å². The van der Waals surface area contributed by atoms with E-state index in [1.807, 2.05) is 24.3 Å². The first-order chi connectivity index (χ1) is 16.9. The molecule has 4 atom stereocenters. The fourth-order valence-corrected chi connectivity index (χ4v) is 7.04. The number of benzene rings is 2. The zero-order valence-electron chi connectivity index (χ0n) is 19.4. The molecular weight excluding hydrogens is 501 g/mol. The highest BCUT2D eigenvalue weighted by molar-refractivity contribution is 6.35. The Hall–Kier alpha value is -2.06. The summed E-state index contributed by atoms with van der Waals surface area (Å²) in [5, 5.41) is 14.4. The molecule has 3 aliphatic rings. The molecule has 2 aromatic rings. The van der Waals surface area contributed by atoms with Gasteiger partial charge in [0.1, 0.15) is 5.84 Å². The summed E-state index contributed by atoms with van der Waals surface area (Å²) in [7, 11) is 0. The molecule has 2 aromatic carbocycles. The van der Waals surface area contributed by atoms with Crippen LogP contribution in [0, 0.1) is 35.0 Å². The Bertz CT molecular complexity index is 1160. The maximum absolute atomic E-state index is 13.1. The van der Waals surface area contributed by atoms with Crippen molar-refractivity contribution in [1.29, 1.82) is 5.26 Å². The molecular formula is C28H28Cl3N3O. The second-order valence-corrected chi connectivity index (χ2v) is 11.4. The van der Waals surface area contributed by atoms with Gasteiger partial charge in [-0.25, -0.2) is 0 Å². The van der Waals surface area contributed by atoms with Gasteiger partial charge >= 0.3 is 0 Å². The van der Waals surface area contributed by atoms with Gasteiger partial charge in [0.15, 0.2) is 0 Å². The zero-order valence-corrected chi connectivity index (χ0v) is 21.7. The second-order valence-electron chi connectivity index (χ2n) is 10.1. The molecule has 0 aromatic heterocycles. The van der Waals surface area contributed by atoms with Crippen molar-refractivity contribution in [3.8, 4) is 6.07 Å². The van der Waals surface area contributed by atoms with Gasteiger partial charge in [-0.2, -0.15) is 5.26 Å². The number of nitriles is 1. The van der Waals surface area contributed by atoms with Gasteiger partial charge in [0.05, 0.1) is 6.07 Å². The number of amidine groups is 1. The third-order valence-electron chi connectivity index (χ3n) is 8.17. The number of carbonyl (C=O) groups excluding carboxylic acids is 1. The first-order valence-corrected chi connectivity index (χ1v) is 13.5. The molecule has 5 rings (SSSR count). The predicted molar refractivity (Wildman–Crippen MR) is 141 cm³/mol. The minimum atomic E-state index is -0.0300. The van der Waals surface area contributed by atoms with Gasteiger partial charge in [-0.1, -0.05) is 53.0 Å². The number of rotatable bonds is 3. The maximum Gasteiger partial charge on any atom is 0.228 e. The van der Waals surface area contributed by atoms with Gasteiger partial charge in [-0.3, -0.25) is 9.79 Å². The van der Waals surface area contributed by atoms with Crippen molar-refractivity contribution in [2.24, 2.45) is 28.7 Å². The summed E-state index contributed by atoms with van der Waals surface area (Å²) in [5.41, 5.74) is 2.33. The van der Waals surface area contributed by atoms with Crippen LogP contribution < -0.4 is 5.32 Å². The summed E-state index contributed by atoms with van der Waals surface area (Å²) in [5.74, 6) is 1.86. The van der Waals surface area contributed by atoms with Crippen LogP contribution in [0.25, 0.3) is 0 Å². The molecule has 2 fully saturated rings. The predicted octanol–water partition coefficient (Wildman–Crippen LogP) is 7.40. The monoisotopic (exact) mass is 527 g/mol. The Labute approximate surface area is 221 Å². The van der Waals surface area contributed by atoms with Crippen molar-refractivity contribution in [2.45, 2.75) is 50.4 Å². The van der Waals surface area contributed by atoms with Crippen molar-refractivity contribution in [1.82, 2.24) is 5.32 Å². The molecule has 182 valence electrons. The van der Waals surface area contributed by atoms with Crippen LogP contribution in [0.15, 0.2) is 47.5 Å². The van der Waals surface area contributed by atoms with Gasteiger partial charge in [0.25, 0.3) is 0 Å². The normalized spacial score (nSPS) is 30.2. The molecule has 0 spiro atoms. The van der Waals surface area contributed by atoms with E-state index in [1.165, 1.54) is 5.56 Å². The molecule has 2 saturated carbocycles. The molecule has 2 aliphatic carbocycles. The van der Waals surface area contributed by atoms with E-state index < -0.39 is 0 Å². The molecule has 1 amide bonds. The van der Waals surface area contributed by atoms with E-state index in [4.69, 9.17) is 45.1 Å². The molecule has 1 aliphatic heterocycles. The van der Waals surface area contributed by atoms with Crippen molar-refractivity contribution in [3.63, 3.8) is 0 Å². The lowest BCUT2D eigenvalue weighted by Gasteiger charge is -2.41. The Morgan fingerprint density at radius 1 is 0.914 bits per heavy atom. The average molecular weight is 529 g/mol. The number of hydrogen-bond donors (Lipinski definition) is 1. The summed E-state index contributed by atoms with van der Waals surface area (Å²) >= 11 is 19.1. The highest BCUT2D eigenvalue weighted by atomic mass is 35.5. The highest BCUT2D eigenvalue weighted by Gasteiger charge is 2.46. The molecule has 0 bridgehead atoms. The van der Waals surface area contributed by atoms with E-state index in [0.717, 1.165) is 49.9 Å². The number of amides is 1. The smallest absolute Gasteiger partial charge is 0.228 e. The first kappa shape index (κ1) is 24.6. The average Bonchev–Trinajstić information content (AvgIpc) is 3.27. The van der Waals surface area contributed by atoms with Crippen LogP contribution in [0.2, 0.25) is 15.1 Å². The van der Waals surface area contributed by atoms with Crippen LogP contribution in [-0.4, -0.2) is 18.3 Å². The Morgan fingerprint density at radius 2 is 1.60 bits per heavy atom. The number of aliphatic imine (C=N–C) groups is 1. The van der Waals surface area contributed by atoms with Crippen LogP contribution in [-0.2, 0) is 4.79 Å². The fourth-order valence-electron chi connectivity index (χ4n) is 6.36. The molecule has 1 N–H and O–H groups in total. The number of fused-ring (bicyclic) bond motifs is 1. The summed E-state index contributed by atoms with van der Waals surface area (Å²) in [6.45, 7) is 0.677. The van der Waals surface area contributed by atoms with Crippen LogP contribution in [0.3, 0.4) is 0 Å². The lowest BCUT2D eigenvalue weighted by molar-refractivity contribution is -0.124. The number of halogens is 3. The van der Waals surface area contributed by atoms with E-state index in [9.17, 15) is 4.79 Å². The van der Waals surface area contributed by atoms with Crippen molar-refractivity contribution in [2.75, 3.05) is 6.54 Å². The van der Waals surface area contributed by atoms with Gasteiger partial charge in [-0.05, 0) is 91.7 Å². The Morgan fingerprint density at radius 3 is 2.29 bits per heavy atom. The highest BCUT2D eigenvalue weighted by Crippen LogP contribution is 2.53. The van der Waals surface area contributed by atoms with Gasteiger partial charge in [-0.15, -0.1) is 0 Å². The van der Waals surface area contributed by atoms with Crippen LogP contribution in [0.4, 0.5) is 0 Å². The van der Waals surface area contributed by atoms with Gasteiger partial charge in [0.2, 0.25) is 5.91 Å². The van der Waals surface area contributed by atoms with Crippen molar-refractivity contribution < 1.29 is 4.79 Å². The summed E-state index contributed by atoms with van der Waals surface area (Å²) < 4.78 is 0. The largest absolute Gasteiger partial charge is 0.314 e. The van der Waals surface area contributed by atoms with Crippen LogP contribution in [0.5, 0.6) is 0 Å². The van der Waals surface area contributed by atoms with E-state index in [2.05, 4.69) is 29.6 Å². The summed E-state index contributed by atoms with van der Waals surface area (Å²) in [4.78, 5) is 17.9. The number of nitrogens with one attached hydrogen (secondary N) is 1. The van der Waals surface area contributed by atoms with Gasteiger partial charge < -0.3 is 5.32 Å². The van der Waals surface area contributed by atoms with Crippen molar-refractivity contribution >= 4 is 46.5 Å². The molecule has 7 heteroatoms. The number of hydrogen-bond acceptors (Lipinski definition) is 3. The summed E-state index contributed by atoms with van der Waals surface area (Å²) in [6, 6.07) is 16.2. The third-order valence-corrected chi connectivity index (χ3v) is 8.99. The SMILES string of the molecule is N#CC1CCC(C(=O)NC2=NCC3C2CCC(c2ccc(Cl)cc2Cl)C3c2ccc(Cl)cc2)CC1. The van der Waals surface area contributed by atoms with Crippen LogP contribution in [0.1, 0.15) is 61.5 Å². The molecule has 4 unspecified atom stereocenters. The molecule has 0 radical (unpaired) electrons. The van der Waals surface area contributed by atoms with Crippen LogP contribution >= 0.6 is 34.8 Å². The molecule has 35 heavy (non-hydrogen) atoms.